The average Bonchev–Trinajstić information content (AvgIpc) is 3.16. The molecule has 4 nitrogen and oxygen atoms in total. The van der Waals surface area contributed by atoms with E-state index < -0.39 is 11.7 Å². The molecule has 2 aliphatic heterocycles. The topological polar surface area (TPSA) is 49.4 Å². The van der Waals surface area contributed by atoms with Crippen molar-refractivity contribution in [2.24, 2.45) is 0 Å². The van der Waals surface area contributed by atoms with Crippen LogP contribution >= 0.6 is 22.9 Å². The molecule has 1 N–H and O–H groups in total. The van der Waals surface area contributed by atoms with Crippen molar-refractivity contribution in [3.63, 3.8) is 0 Å². The van der Waals surface area contributed by atoms with Crippen LogP contribution in [0.25, 0.3) is 10.4 Å². The predicted octanol–water partition coefficient (Wildman–Crippen LogP) is 4.19. The molecule has 0 unspecified atom stereocenters. The molecule has 2 amide bonds. The Kier molecular flexibility index (Phi) is 4.23. The van der Waals surface area contributed by atoms with Crippen molar-refractivity contribution in [1.29, 1.82) is 0 Å². The standard InChI is InChI=1S/C18H14ClF3N2O2S/c19-12-7-13(10-2-1-3-11(6-10)18(20,21)22)27-15(12)16(26)24-8-17(9-24)5-4-14(25)23-17/h1-3,6-7H,4-5,8-9H2,(H,23,25). The number of thiophene rings is 1. The molecule has 0 bridgehead atoms. The number of rotatable bonds is 2. The summed E-state index contributed by atoms with van der Waals surface area (Å²) in [6.45, 7) is 0.843. The number of hydrogen-bond acceptors (Lipinski definition) is 3. The summed E-state index contributed by atoms with van der Waals surface area (Å²) >= 11 is 7.26. The number of likely N-dealkylation sites (tertiary alicyclic amines) is 1. The van der Waals surface area contributed by atoms with Gasteiger partial charge in [-0.05, 0) is 30.2 Å². The number of nitrogens with zero attached hydrogens (tertiary/aromatic N) is 1. The Morgan fingerprint density at radius 1 is 1.26 bits per heavy atom. The maximum atomic E-state index is 12.9. The lowest BCUT2D eigenvalue weighted by Crippen LogP contribution is -2.68. The van der Waals surface area contributed by atoms with E-state index in [9.17, 15) is 22.8 Å². The number of carbonyl (C=O) groups excluding carboxylic acids is 2. The van der Waals surface area contributed by atoms with Crippen LogP contribution in [0.15, 0.2) is 30.3 Å². The van der Waals surface area contributed by atoms with Crippen molar-refractivity contribution in [2.75, 3.05) is 13.1 Å². The fourth-order valence-electron chi connectivity index (χ4n) is 3.49. The maximum absolute atomic E-state index is 12.9. The number of hydrogen-bond donors (Lipinski definition) is 1. The van der Waals surface area contributed by atoms with Gasteiger partial charge in [0.1, 0.15) is 4.88 Å². The molecule has 9 heteroatoms. The highest BCUT2D eigenvalue weighted by Crippen LogP contribution is 2.39. The van der Waals surface area contributed by atoms with E-state index >= 15 is 0 Å². The molecule has 4 rings (SSSR count). The summed E-state index contributed by atoms with van der Waals surface area (Å²) in [4.78, 5) is 26.5. The van der Waals surface area contributed by atoms with Gasteiger partial charge in [0, 0.05) is 24.4 Å². The van der Waals surface area contributed by atoms with Gasteiger partial charge in [0.15, 0.2) is 0 Å². The second kappa shape index (κ2) is 6.24. The molecule has 0 saturated carbocycles. The van der Waals surface area contributed by atoms with Crippen LogP contribution < -0.4 is 5.32 Å². The Balaban J connectivity index is 1.54. The third kappa shape index (κ3) is 3.32. The minimum Gasteiger partial charge on any atom is -0.347 e. The molecule has 0 atom stereocenters. The van der Waals surface area contributed by atoms with Crippen molar-refractivity contribution in [1.82, 2.24) is 10.2 Å². The molecular weight excluding hydrogens is 401 g/mol. The van der Waals surface area contributed by atoms with Gasteiger partial charge in [-0.25, -0.2) is 0 Å². The first-order chi connectivity index (χ1) is 12.7. The van der Waals surface area contributed by atoms with E-state index in [1.54, 1.807) is 11.0 Å². The molecule has 0 aliphatic carbocycles. The minimum atomic E-state index is -4.44. The second-order valence-electron chi connectivity index (χ2n) is 6.86. The lowest BCUT2D eigenvalue weighted by atomic mass is 9.88. The van der Waals surface area contributed by atoms with Crippen LogP contribution in [0.5, 0.6) is 0 Å². The number of benzene rings is 1. The highest BCUT2D eigenvalue weighted by atomic mass is 35.5. The van der Waals surface area contributed by atoms with Gasteiger partial charge in [-0.2, -0.15) is 13.2 Å². The lowest BCUT2D eigenvalue weighted by Gasteiger charge is -2.47. The summed E-state index contributed by atoms with van der Waals surface area (Å²) in [5.41, 5.74) is -0.724. The van der Waals surface area contributed by atoms with Crippen molar-refractivity contribution in [3.05, 3.63) is 45.8 Å². The largest absolute Gasteiger partial charge is 0.416 e. The van der Waals surface area contributed by atoms with Crippen LogP contribution in [0.3, 0.4) is 0 Å². The van der Waals surface area contributed by atoms with E-state index in [1.165, 1.54) is 12.1 Å². The maximum Gasteiger partial charge on any atom is 0.416 e. The molecule has 142 valence electrons. The first-order valence-corrected chi connectivity index (χ1v) is 9.44. The van der Waals surface area contributed by atoms with E-state index in [0.29, 0.717) is 41.2 Å². The van der Waals surface area contributed by atoms with E-state index in [-0.39, 0.29) is 22.4 Å². The van der Waals surface area contributed by atoms with Crippen LogP contribution in [0.1, 0.15) is 28.1 Å². The van der Waals surface area contributed by atoms with Gasteiger partial charge < -0.3 is 10.2 Å². The van der Waals surface area contributed by atoms with E-state index in [2.05, 4.69) is 5.32 Å². The summed E-state index contributed by atoms with van der Waals surface area (Å²) in [6.07, 6.45) is -3.28. The van der Waals surface area contributed by atoms with Gasteiger partial charge in [0.25, 0.3) is 5.91 Å². The van der Waals surface area contributed by atoms with Gasteiger partial charge in [-0.3, -0.25) is 9.59 Å². The fraction of sp³-hybridized carbons (Fsp3) is 0.333. The summed E-state index contributed by atoms with van der Waals surface area (Å²) in [6, 6.07) is 6.44. The quantitative estimate of drug-likeness (QED) is 0.801. The second-order valence-corrected chi connectivity index (χ2v) is 8.32. The molecular formula is C18H14ClF3N2O2S. The Morgan fingerprint density at radius 2 is 2.00 bits per heavy atom. The third-order valence-corrected chi connectivity index (χ3v) is 6.45. The van der Waals surface area contributed by atoms with E-state index in [0.717, 1.165) is 23.5 Å². The smallest absolute Gasteiger partial charge is 0.347 e. The molecule has 2 fully saturated rings. The molecule has 2 aliphatic rings. The van der Waals surface area contributed by atoms with Gasteiger partial charge in [0.2, 0.25) is 5.91 Å². The summed E-state index contributed by atoms with van der Waals surface area (Å²) in [7, 11) is 0. The van der Waals surface area contributed by atoms with Crippen LogP contribution in [0, 0.1) is 0 Å². The molecule has 1 spiro atoms. The highest BCUT2D eigenvalue weighted by molar-refractivity contribution is 7.18. The molecule has 2 saturated heterocycles. The number of carbonyl (C=O) groups is 2. The van der Waals surface area contributed by atoms with Crippen LogP contribution in [0.4, 0.5) is 13.2 Å². The van der Waals surface area contributed by atoms with Crippen LogP contribution in [-0.2, 0) is 11.0 Å². The Bertz CT molecular complexity index is 935. The predicted molar refractivity (Wildman–Crippen MR) is 95.8 cm³/mol. The minimum absolute atomic E-state index is 0.0110. The van der Waals surface area contributed by atoms with Crippen molar-refractivity contribution in [2.45, 2.75) is 24.6 Å². The Hall–Kier alpha value is -2.06. The van der Waals surface area contributed by atoms with Crippen molar-refractivity contribution in [3.8, 4) is 10.4 Å². The number of halogens is 4. The van der Waals surface area contributed by atoms with Crippen LogP contribution in [-0.4, -0.2) is 35.3 Å². The summed E-state index contributed by atoms with van der Waals surface area (Å²) in [5, 5.41) is 3.12. The molecule has 1 aromatic carbocycles. The van der Waals surface area contributed by atoms with E-state index in [4.69, 9.17) is 11.6 Å². The van der Waals surface area contributed by atoms with E-state index in [1.807, 2.05) is 0 Å². The molecule has 27 heavy (non-hydrogen) atoms. The van der Waals surface area contributed by atoms with Gasteiger partial charge in [0.05, 0.1) is 16.1 Å². The zero-order chi connectivity index (χ0) is 19.4. The molecule has 1 aromatic heterocycles. The zero-order valence-corrected chi connectivity index (χ0v) is 15.5. The molecule has 0 radical (unpaired) electrons. The van der Waals surface area contributed by atoms with Gasteiger partial charge in [-0.15, -0.1) is 11.3 Å². The van der Waals surface area contributed by atoms with Crippen LogP contribution in [0.2, 0.25) is 5.02 Å². The summed E-state index contributed by atoms with van der Waals surface area (Å²) in [5.74, 6) is -0.280. The number of amides is 2. The average molecular weight is 415 g/mol. The molecule has 2 aromatic rings. The van der Waals surface area contributed by atoms with Gasteiger partial charge >= 0.3 is 6.18 Å². The van der Waals surface area contributed by atoms with Crippen molar-refractivity contribution < 1.29 is 22.8 Å². The first-order valence-electron chi connectivity index (χ1n) is 8.24. The third-order valence-electron chi connectivity index (χ3n) is 4.86. The first kappa shape index (κ1) is 18.3. The van der Waals surface area contributed by atoms with Gasteiger partial charge in [-0.1, -0.05) is 23.7 Å². The highest BCUT2D eigenvalue weighted by Gasteiger charge is 2.49. The Morgan fingerprint density at radius 3 is 2.63 bits per heavy atom. The monoisotopic (exact) mass is 414 g/mol. The Labute approximate surface area is 161 Å². The lowest BCUT2D eigenvalue weighted by molar-refractivity contribution is -0.137. The molecule has 3 heterocycles. The number of alkyl halides is 3. The zero-order valence-electron chi connectivity index (χ0n) is 13.9. The normalized spacial score (nSPS) is 18.5. The SMILES string of the molecule is O=C1CCC2(CN(C(=O)c3sc(-c4cccc(C(F)(F)F)c4)cc3Cl)C2)N1. The summed E-state index contributed by atoms with van der Waals surface area (Å²) < 4.78 is 38.7. The van der Waals surface area contributed by atoms with Crippen molar-refractivity contribution >= 4 is 34.8 Å². The fourth-order valence-corrected chi connectivity index (χ4v) is 4.87. The number of nitrogens with one attached hydrogen (secondary N) is 1.